The van der Waals surface area contributed by atoms with E-state index in [0.717, 1.165) is 12.0 Å². The number of carbonyl (C=O) groups excluding carboxylic acids is 1. The highest BCUT2D eigenvalue weighted by Gasteiger charge is 2.49. The Bertz CT molecular complexity index is 1230. The summed E-state index contributed by atoms with van der Waals surface area (Å²) in [7, 11) is 0. The van der Waals surface area contributed by atoms with Crippen LogP contribution in [0.5, 0.6) is 0 Å². The number of alkyl halides is 3. The monoisotopic (exact) mass is 471 g/mol. The molecule has 6 nitrogen and oxygen atoms in total. The average Bonchev–Trinajstić information content (AvgIpc) is 3.37. The number of fused-ring (bicyclic) bond motifs is 2. The minimum atomic E-state index is -4.67. The topological polar surface area (TPSA) is 71.0 Å². The van der Waals surface area contributed by atoms with Crippen LogP contribution in [0.3, 0.4) is 0 Å². The molecule has 2 aliphatic heterocycles. The molecular weight excluding hydrogens is 450 g/mol. The van der Waals surface area contributed by atoms with E-state index in [9.17, 15) is 22.4 Å². The number of halogens is 4. The first-order valence-electron chi connectivity index (χ1n) is 10.9. The van der Waals surface area contributed by atoms with Gasteiger partial charge in [0.05, 0.1) is 23.2 Å². The highest BCUT2D eigenvalue weighted by atomic mass is 19.4. The Morgan fingerprint density at radius 2 is 1.88 bits per heavy atom. The molecule has 1 N–H and O–H groups in total. The molecule has 0 spiro atoms. The second-order valence-corrected chi connectivity index (χ2v) is 8.62. The highest BCUT2D eigenvalue weighted by molar-refractivity contribution is 6.01. The van der Waals surface area contributed by atoms with E-state index in [1.54, 1.807) is 29.4 Å². The first kappa shape index (κ1) is 22.2. The average molecular weight is 471 g/mol. The van der Waals surface area contributed by atoms with Crippen LogP contribution in [-0.4, -0.2) is 43.9 Å². The summed E-state index contributed by atoms with van der Waals surface area (Å²) in [5.41, 5.74) is 0.881. The SMILES string of the molecule is Cc1cccc(C(=O)N2C3CCC2C(Nc2ncc(C(F)(F)F)cc2F)C3)c1-c1ncccn1. The highest BCUT2D eigenvalue weighted by Crippen LogP contribution is 2.41. The first-order valence-corrected chi connectivity index (χ1v) is 10.9. The molecule has 3 atom stereocenters. The minimum absolute atomic E-state index is 0.0578. The van der Waals surface area contributed by atoms with E-state index in [-0.39, 0.29) is 29.9 Å². The van der Waals surface area contributed by atoms with E-state index in [2.05, 4.69) is 20.3 Å². The van der Waals surface area contributed by atoms with Gasteiger partial charge in [-0.25, -0.2) is 19.3 Å². The molecule has 2 fully saturated rings. The van der Waals surface area contributed by atoms with Crippen LogP contribution in [0.1, 0.15) is 40.7 Å². The van der Waals surface area contributed by atoms with Gasteiger partial charge < -0.3 is 10.2 Å². The lowest BCUT2D eigenvalue weighted by atomic mass is 9.95. The summed E-state index contributed by atoms with van der Waals surface area (Å²) in [5.74, 6) is -1.02. The number of pyridine rings is 1. The number of nitrogens with one attached hydrogen (secondary N) is 1. The van der Waals surface area contributed by atoms with Gasteiger partial charge in [0.2, 0.25) is 0 Å². The molecule has 3 unspecified atom stereocenters. The van der Waals surface area contributed by atoms with E-state index >= 15 is 0 Å². The van der Waals surface area contributed by atoms with Crippen LogP contribution >= 0.6 is 0 Å². The molecule has 2 aromatic heterocycles. The third kappa shape index (κ3) is 3.86. The van der Waals surface area contributed by atoms with Gasteiger partial charge in [0.15, 0.2) is 17.5 Å². The van der Waals surface area contributed by atoms with Crippen molar-refractivity contribution >= 4 is 11.7 Å². The normalized spacial score (nSPS) is 21.7. The summed E-state index contributed by atoms with van der Waals surface area (Å²) >= 11 is 0. The summed E-state index contributed by atoms with van der Waals surface area (Å²) in [6, 6.07) is 6.98. The molecule has 3 aromatic rings. The number of nitrogens with zero attached hydrogens (tertiary/aromatic N) is 4. The molecule has 0 saturated carbocycles. The Morgan fingerprint density at radius 3 is 2.59 bits per heavy atom. The fourth-order valence-corrected chi connectivity index (χ4v) is 5.05. The molecule has 1 aromatic carbocycles. The van der Waals surface area contributed by atoms with Crippen molar-refractivity contribution in [3.8, 4) is 11.4 Å². The Balaban J connectivity index is 1.41. The Labute approximate surface area is 193 Å². The zero-order chi connectivity index (χ0) is 24.0. The van der Waals surface area contributed by atoms with Crippen molar-refractivity contribution < 1.29 is 22.4 Å². The summed E-state index contributed by atoms with van der Waals surface area (Å²) in [5, 5.41) is 2.94. The summed E-state index contributed by atoms with van der Waals surface area (Å²) in [4.78, 5) is 27.8. The molecule has 2 bridgehead atoms. The van der Waals surface area contributed by atoms with Crippen molar-refractivity contribution in [2.75, 3.05) is 5.32 Å². The molecule has 5 rings (SSSR count). The number of benzene rings is 1. The Hall–Kier alpha value is -3.56. The maximum absolute atomic E-state index is 14.4. The summed E-state index contributed by atoms with van der Waals surface area (Å²) in [6.45, 7) is 1.89. The number of aryl methyl sites for hydroxylation is 1. The van der Waals surface area contributed by atoms with Crippen LogP contribution in [0.2, 0.25) is 0 Å². The molecule has 0 radical (unpaired) electrons. The van der Waals surface area contributed by atoms with Gasteiger partial charge in [-0.05, 0) is 49.9 Å². The fraction of sp³-hybridized carbons (Fsp3) is 0.333. The third-order valence-corrected chi connectivity index (χ3v) is 6.55. The quantitative estimate of drug-likeness (QED) is 0.551. The van der Waals surface area contributed by atoms with E-state index in [4.69, 9.17) is 0 Å². The van der Waals surface area contributed by atoms with E-state index in [1.165, 1.54) is 0 Å². The van der Waals surface area contributed by atoms with E-state index in [0.29, 0.717) is 42.1 Å². The van der Waals surface area contributed by atoms with Gasteiger partial charge in [0.1, 0.15) is 0 Å². The smallest absolute Gasteiger partial charge is 0.363 e. The van der Waals surface area contributed by atoms with Crippen molar-refractivity contribution in [2.24, 2.45) is 0 Å². The minimum Gasteiger partial charge on any atom is -0.363 e. The molecule has 34 heavy (non-hydrogen) atoms. The molecule has 0 aliphatic carbocycles. The zero-order valence-electron chi connectivity index (χ0n) is 18.2. The lowest BCUT2D eigenvalue weighted by molar-refractivity contribution is -0.138. The van der Waals surface area contributed by atoms with Crippen LogP contribution in [0, 0.1) is 12.7 Å². The van der Waals surface area contributed by atoms with Crippen molar-refractivity contribution in [3.05, 3.63) is 71.4 Å². The molecule has 4 heterocycles. The van der Waals surface area contributed by atoms with Crippen LogP contribution in [0.4, 0.5) is 23.4 Å². The molecule has 176 valence electrons. The first-order chi connectivity index (χ1) is 16.2. The van der Waals surface area contributed by atoms with Gasteiger partial charge in [0, 0.05) is 30.2 Å². The fourth-order valence-electron chi connectivity index (χ4n) is 5.05. The van der Waals surface area contributed by atoms with Crippen LogP contribution in [0.25, 0.3) is 11.4 Å². The van der Waals surface area contributed by atoms with Crippen molar-refractivity contribution in [1.29, 1.82) is 0 Å². The van der Waals surface area contributed by atoms with Gasteiger partial charge in [-0.1, -0.05) is 12.1 Å². The number of aromatic nitrogens is 3. The van der Waals surface area contributed by atoms with Crippen LogP contribution < -0.4 is 5.32 Å². The molecular formula is C24H21F4N5O. The molecule has 2 saturated heterocycles. The second kappa shape index (κ2) is 8.34. The van der Waals surface area contributed by atoms with E-state index < -0.39 is 17.6 Å². The van der Waals surface area contributed by atoms with Crippen molar-refractivity contribution in [1.82, 2.24) is 19.9 Å². The molecule has 1 amide bonds. The summed E-state index contributed by atoms with van der Waals surface area (Å²) in [6.07, 6.45) is 1.25. The predicted octanol–water partition coefficient (Wildman–Crippen LogP) is 4.86. The number of anilines is 1. The van der Waals surface area contributed by atoms with Crippen LogP contribution in [0.15, 0.2) is 48.9 Å². The third-order valence-electron chi connectivity index (χ3n) is 6.55. The number of hydrogen-bond donors (Lipinski definition) is 1. The lowest BCUT2D eigenvalue weighted by Crippen LogP contribution is -2.40. The number of hydrogen-bond acceptors (Lipinski definition) is 5. The molecule has 10 heteroatoms. The standard InChI is InChI=1S/C24H21F4N5O/c1-13-4-2-5-16(20(13)22-29-8-3-9-30-22)23(34)33-15-6-7-19(33)18(11-15)32-21-17(25)10-14(12-31-21)24(26,27)28/h2-5,8-10,12,15,18-19H,6-7,11H2,1H3,(H,31,32). The van der Waals surface area contributed by atoms with Gasteiger partial charge >= 0.3 is 6.18 Å². The van der Waals surface area contributed by atoms with Gasteiger partial charge in [-0.15, -0.1) is 0 Å². The zero-order valence-corrected chi connectivity index (χ0v) is 18.2. The number of amides is 1. The lowest BCUT2D eigenvalue weighted by Gasteiger charge is -2.26. The van der Waals surface area contributed by atoms with Crippen molar-refractivity contribution in [2.45, 2.75) is 50.5 Å². The Kier molecular flexibility index (Phi) is 5.45. The molecule has 2 aliphatic rings. The number of carbonyl (C=O) groups is 1. The van der Waals surface area contributed by atoms with Crippen LogP contribution in [-0.2, 0) is 6.18 Å². The van der Waals surface area contributed by atoms with Gasteiger partial charge in [-0.3, -0.25) is 4.79 Å². The Morgan fingerprint density at radius 1 is 1.12 bits per heavy atom. The maximum atomic E-state index is 14.4. The van der Waals surface area contributed by atoms with Gasteiger partial charge in [-0.2, -0.15) is 13.2 Å². The van der Waals surface area contributed by atoms with Gasteiger partial charge in [0.25, 0.3) is 5.91 Å². The summed E-state index contributed by atoms with van der Waals surface area (Å²) < 4.78 is 52.9. The maximum Gasteiger partial charge on any atom is 0.417 e. The second-order valence-electron chi connectivity index (χ2n) is 8.62. The van der Waals surface area contributed by atoms with Crippen molar-refractivity contribution in [3.63, 3.8) is 0 Å². The predicted molar refractivity (Wildman–Crippen MR) is 116 cm³/mol. The van der Waals surface area contributed by atoms with E-state index in [1.807, 2.05) is 19.1 Å². The number of rotatable bonds is 4. The largest absolute Gasteiger partial charge is 0.417 e.